The number of amides is 1. The molecule has 1 atom stereocenters. The number of hydrogen-bond donors (Lipinski definition) is 2. The van der Waals surface area contributed by atoms with Crippen molar-refractivity contribution in [3.05, 3.63) is 35.9 Å². The van der Waals surface area contributed by atoms with Crippen LogP contribution in [0.5, 0.6) is 0 Å². The Morgan fingerprint density at radius 1 is 1.14 bits per heavy atom. The number of rotatable bonds is 6. The molecule has 21 heavy (non-hydrogen) atoms. The van der Waals surface area contributed by atoms with Gasteiger partial charge in [-0.1, -0.05) is 49.6 Å². The fourth-order valence-corrected chi connectivity index (χ4v) is 2.96. The first-order valence-electron chi connectivity index (χ1n) is 7.71. The normalized spacial score (nSPS) is 17.1. The van der Waals surface area contributed by atoms with Crippen LogP contribution in [0.25, 0.3) is 0 Å². The summed E-state index contributed by atoms with van der Waals surface area (Å²) in [6.07, 6.45) is 6.58. The molecule has 0 aliphatic heterocycles. The molecular formula is C17H23NO3. The summed E-state index contributed by atoms with van der Waals surface area (Å²) in [7, 11) is 0. The van der Waals surface area contributed by atoms with Crippen molar-refractivity contribution < 1.29 is 14.7 Å². The summed E-state index contributed by atoms with van der Waals surface area (Å²) in [5.41, 5.74) is 0.919. The van der Waals surface area contributed by atoms with E-state index in [9.17, 15) is 14.7 Å². The summed E-state index contributed by atoms with van der Waals surface area (Å²) in [6, 6.07) is 8.55. The van der Waals surface area contributed by atoms with Crippen molar-refractivity contribution >= 4 is 11.9 Å². The standard InChI is InChI=1S/C17H23NO3/c19-16(12-14-9-5-2-6-10-14)18-15(17(20)21)11-13-7-3-1-4-8-13/h1,3-4,7-8,14-15H,2,5-6,9-12H2,(H,18,19)(H,20,21)/t15-/m0/s1. The first-order chi connectivity index (χ1) is 10.1. The van der Waals surface area contributed by atoms with Crippen LogP contribution in [0, 0.1) is 5.92 Å². The number of benzene rings is 1. The summed E-state index contributed by atoms with van der Waals surface area (Å²) >= 11 is 0. The van der Waals surface area contributed by atoms with Crippen molar-refractivity contribution in [1.82, 2.24) is 5.32 Å². The predicted molar refractivity (Wildman–Crippen MR) is 80.9 cm³/mol. The Morgan fingerprint density at radius 3 is 2.43 bits per heavy atom. The number of carboxylic acids is 1. The van der Waals surface area contributed by atoms with Gasteiger partial charge >= 0.3 is 5.97 Å². The van der Waals surface area contributed by atoms with Gasteiger partial charge in [0.05, 0.1) is 0 Å². The Bertz CT molecular complexity index is 466. The highest BCUT2D eigenvalue weighted by Crippen LogP contribution is 2.26. The predicted octanol–water partition coefficient (Wildman–Crippen LogP) is 2.77. The molecule has 1 aromatic carbocycles. The van der Waals surface area contributed by atoms with Gasteiger partial charge in [0, 0.05) is 12.8 Å². The zero-order chi connectivity index (χ0) is 15.1. The van der Waals surface area contributed by atoms with Crippen molar-refractivity contribution in [2.24, 2.45) is 5.92 Å². The maximum absolute atomic E-state index is 12.0. The lowest BCUT2D eigenvalue weighted by atomic mass is 9.87. The molecule has 0 aromatic heterocycles. The molecule has 0 radical (unpaired) electrons. The van der Waals surface area contributed by atoms with Crippen molar-refractivity contribution in [3.8, 4) is 0 Å². The summed E-state index contributed by atoms with van der Waals surface area (Å²) in [5.74, 6) is -0.689. The quantitative estimate of drug-likeness (QED) is 0.846. The highest BCUT2D eigenvalue weighted by atomic mass is 16.4. The molecule has 1 aliphatic carbocycles. The van der Waals surface area contributed by atoms with Crippen LogP contribution in [-0.4, -0.2) is 23.0 Å². The molecule has 114 valence electrons. The van der Waals surface area contributed by atoms with E-state index in [1.807, 2.05) is 30.3 Å². The van der Waals surface area contributed by atoms with Gasteiger partial charge < -0.3 is 10.4 Å². The highest BCUT2D eigenvalue weighted by molar-refractivity contribution is 5.83. The van der Waals surface area contributed by atoms with Crippen molar-refractivity contribution in [2.45, 2.75) is 51.0 Å². The second-order valence-electron chi connectivity index (χ2n) is 5.86. The lowest BCUT2D eigenvalue weighted by molar-refractivity contribution is -0.142. The number of carbonyl (C=O) groups is 2. The Hall–Kier alpha value is -1.84. The average Bonchev–Trinajstić information content (AvgIpc) is 2.48. The van der Waals surface area contributed by atoms with E-state index in [-0.39, 0.29) is 5.91 Å². The van der Waals surface area contributed by atoms with Gasteiger partial charge in [-0.3, -0.25) is 4.79 Å². The summed E-state index contributed by atoms with van der Waals surface area (Å²) in [5, 5.41) is 11.9. The minimum absolute atomic E-state index is 0.134. The molecule has 2 rings (SSSR count). The fraction of sp³-hybridized carbons (Fsp3) is 0.529. The van der Waals surface area contributed by atoms with E-state index in [2.05, 4.69) is 5.32 Å². The Kier molecular flexibility index (Phi) is 5.78. The molecule has 0 spiro atoms. The van der Waals surface area contributed by atoms with Crippen molar-refractivity contribution in [2.75, 3.05) is 0 Å². The maximum Gasteiger partial charge on any atom is 0.326 e. The molecule has 0 heterocycles. The molecule has 1 fully saturated rings. The van der Waals surface area contributed by atoms with E-state index in [1.54, 1.807) is 0 Å². The van der Waals surface area contributed by atoms with Gasteiger partial charge in [-0.05, 0) is 24.3 Å². The Labute approximate surface area is 125 Å². The zero-order valence-electron chi connectivity index (χ0n) is 12.3. The SMILES string of the molecule is O=C(CC1CCCCC1)N[C@@H](Cc1ccccc1)C(=O)O. The molecule has 0 bridgehead atoms. The van der Waals surface area contributed by atoms with E-state index in [0.717, 1.165) is 18.4 Å². The van der Waals surface area contributed by atoms with Crippen LogP contribution in [0.15, 0.2) is 30.3 Å². The van der Waals surface area contributed by atoms with Crippen LogP contribution in [0.3, 0.4) is 0 Å². The van der Waals surface area contributed by atoms with Gasteiger partial charge in [-0.25, -0.2) is 4.79 Å². The highest BCUT2D eigenvalue weighted by Gasteiger charge is 2.23. The number of nitrogens with one attached hydrogen (secondary N) is 1. The fourth-order valence-electron chi connectivity index (χ4n) is 2.96. The smallest absolute Gasteiger partial charge is 0.326 e. The third-order valence-electron chi connectivity index (χ3n) is 4.11. The van der Waals surface area contributed by atoms with Gasteiger partial charge in [-0.15, -0.1) is 0 Å². The average molecular weight is 289 g/mol. The molecule has 1 amide bonds. The largest absolute Gasteiger partial charge is 0.480 e. The topological polar surface area (TPSA) is 66.4 Å². The molecule has 4 nitrogen and oxygen atoms in total. The molecule has 0 saturated heterocycles. The first kappa shape index (κ1) is 15.5. The maximum atomic E-state index is 12.0. The molecule has 1 aliphatic rings. The van der Waals surface area contributed by atoms with E-state index in [0.29, 0.717) is 18.8 Å². The third kappa shape index (κ3) is 5.21. The van der Waals surface area contributed by atoms with Gasteiger partial charge in [0.2, 0.25) is 5.91 Å². The van der Waals surface area contributed by atoms with Gasteiger partial charge in [0.15, 0.2) is 0 Å². The number of hydrogen-bond acceptors (Lipinski definition) is 2. The third-order valence-corrected chi connectivity index (χ3v) is 4.11. The van der Waals surface area contributed by atoms with Crippen molar-refractivity contribution in [3.63, 3.8) is 0 Å². The minimum atomic E-state index is -0.976. The van der Waals surface area contributed by atoms with Gasteiger partial charge in [-0.2, -0.15) is 0 Å². The molecule has 1 aromatic rings. The van der Waals surface area contributed by atoms with Crippen LogP contribution in [0.1, 0.15) is 44.1 Å². The molecule has 4 heteroatoms. The van der Waals surface area contributed by atoms with Crippen LogP contribution in [0.2, 0.25) is 0 Å². The van der Waals surface area contributed by atoms with Gasteiger partial charge in [0.25, 0.3) is 0 Å². The van der Waals surface area contributed by atoms with Gasteiger partial charge in [0.1, 0.15) is 6.04 Å². The molecule has 2 N–H and O–H groups in total. The Morgan fingerprint density at radius 2 is 1.81 bits per heavy atom. The van der Waals surface area contributed by atoms with E-state index >= 15 is 0 Å². The minimum Gasteiger partial charge on any atom is -0.480 e. The lowest BCUT2D eigenvalue weighted by Crippen LogP contribution is -2.43. The molecular weight excluding hydrogens is 266 g/mol. The van der Waals surface area contributed by atoms with E-state index < -0.39 is 12.0 Å². The summed E-state index contributed by atoms with van der Waals surface area (Å²) < 4.78 is 0. The lowest BCUT2D eigenvalue weighted by Gasteiger charge is -2.22. The molecule has 0 unspecified atom stereocenters. The number of carbonyl (C=O) groups excluding carboxylic acids is 1. The Balaban J connectivity index is 1.86. The second kappa shape index (κ2) is 7.81. The van der Waals surface area contributed by atoms with Crippen LogP contribution >= 0.6 is 0 Å². The second-order valence-corrected chi connectivity index (χ2v) is 5.86. The summed E-state index contributed by atoms with van der Waals surface area (Å²) in [4.78, 5) is 23.4. The zero-order valence-corrected chi connectivity index (χ0v) is 12.3. The van der Waals surface area contributed by atoms with Crippen molar-refractivity contribution in [1.29, 1.82) is 0 Å². The number of aliphatic carboxylic acids is 1. The summed E-state index contributed by atoms with van der Waals surface area (Å²) in [6.45, 7) is 0. The van der Waals surface area contributed by atoms with Crippen LogP contribution < -0.4 is 5.32 Å². The van der Waals surface area contributed by atoms with E-state index in [1.165, 1.54) is 19.3 Å². The monoisotopic (exact) mass is 289 g/mol. The van der Waals surface area contributed by atoms with Crippen LogP contribution in [0.4, 0.5) is 0 Å². The van der Waals surface area contributed by atoms with E-state index in [4.69, 9.17) is 0 Å². The first-order valence-corrected chi connectivity index (χ1v) is 7.71. The number of carboxylic acid groups (broad SMARTS) is 1. The van der Waals surface area contributed by atoms with Crippen LogP contribution in [-0.2, 0) is 16.0 Å². The molecule has 1 saturated carbocycles.